The molecule has 0 atom stereocenters. The minimum Gasteiger partial charge on any atom is -0.322 e. The molecule has 3 N–H and O–H groups in total. The van der Waals surface area contributed by atoms with Gasteiger partial charge in [0.1, 0.15) is 0 Å². The van der Waals surface area contributed by atoms with Crippen molar-refractivity contribution in [3.63, 3.8) is 0 Å². The maximum Gasteiger partial charge on any atom is 0.0906 e. The summed E-state index contributed by atoms with van der Waals surface area (Å²) in [4.78, 5) is 8.11. The van der Waals surface area contributed by atoms with Crippen molar-refractivity contribution < 1.29 is 0 Å². The number of nitrogen functional groups attached to an aromatic ring is 1. The highest BCUT2D eigenvalue weighted by atomic mass is 15.2. The van der Waals surface area contributed by atoms with Crippen molar-refractivity contribution >= 4 is 16.6 Å². The first kappa shape index (κ1) is 7.00. The van der Waals surface area contributed by atoms with E-state index in [0.717, 1.165) is 16.6 Å². The number of hydrogen-bond acceptors (Lipinski definition) is 4. The minimum atomic E-state index is 0.792. The molecule has 0 radical (unpaired) electrons. The van der Waals surface area contributed by atoms with Gasteiger partial charge >= 0.3 is 0 Å². The van der Waals surface area contributed by atoms with Gasteiger partial charge in [0.05, 0.1) is 23.6 Å². The van der Waals surface area contributed by atoms with Crippen LogP contribution >= 0.6 is 0 Å². The van der Waals surface area contributed by atoms with E-state index in [1.807, 2.05) is 12.1 Å². The van der Waals surface area contributed by atoms with Crippen LogP contribution in [0.1, 0.15) is 0 Å². The van der Waals surface area contributed by atoms with Crippen LogP contribution in [0.3, 0.4) is 0 Å². The molecule has 4 heteroatoms. The molecule has 0 aliphatic rings. The van der Waals surface area contributed by atoms with Crippen LogP contribution in [0.25, 0.3) is 10.9 Å². The van der Waals surface area contributed by atoms with Gasteiger partial charge in [-0.2, -0.15) is 0 Å². The van der Waals surface area contributed by atoms with Crippen LogP contribution in [0.4, 0.5) is 5.69 Å². The van der Waals surface area contributed by atoms with Crippen LogP contribution in [0, 0.1) is 0 Å². The monoisotopic (exact) mass is 160 g/mol. The average Bonchev–Trinajstić information content (AvgIpc) is 2.17. The van der Waals surface area contributed by atoms with Crippen LogP contribution < -0.4 is 11.3 Å². The van der Waals surface area contributed by atoms with Gasteiger partial charge in [-0.25, -0.2) is 0 Å². The van der Waals surface area contributed by atoms with Crippen molar-refractivity contribution in [2.45, 2.75) is 0 Å². The smallest absolute Gasteiger partial charge is 0.0906 e. The molecule has 0 bridgehead atoms. The molecule has 0 amide bonds. The zero-order chi connectivity index (χ0) is 8.39. The van der Waals surface area contributed by atoms with E-state index in [2.05, 4.69) is 15.4 Å². The van der Waals surface area contributed by atoms with E-state index in [4.69, 9.17) is 5.84 Å². The second-order valence-electron chi connectivity index (χ2n) is 2.40. The standard InChI is InChI=1S/C8H8N4/c9-12-8-5-10-4-7-6(8)2-1-3-11-7/h1-5,12H,9H2. The molecule has 0 aliphatic heterocycles. The van der Waals surface area contributed by atoms with Gasteiger partial charge in [0, 0.05) is 11.6 Å². The molecule has 0 saturated heterocycles. The Morgan fingerprint density at radius 3 is 3.08 bits per heavy atom. The minimum absolute atomic E-state index is 0.792. The highest BCUT2D eigenvalue weighted by Crippen LogP contribution is 2.17. The summed E-state index contributed by atoms with van der Waals surface area (Å²) in [5.41, 5.74) is 4.20. The van der Waals surface area contributed by atoms with Gasteiger partial charge in [-0.3, -0.25) is 15.8 Å². The van der Waals surface area contributed by atoms with E-state index in [1.165, 1.54) is 0 Å². The second-order valence-corrected chi connectivity index (χ2v) is 2.40. The topological polar surface area (TPSA) is 63.8 Å². The molecule has 60 valence electrons. The number of pyridine rings is 2. The molecule has 0 saturated carbocycles. The zero-order valence-corrected chi connectivity index (χ0v) is 6.36. The van der Waals surface area contributed by atoms with E-state index < -0.39 is 0 Å². The van der Waals surface area contributed by atoms with Gasteiger partial charge in [0.15, 0.2) is 0 Å². The normalized spacial score (nSPS) is 10.1. The first-order chi connectivity index (χ1) is 5.92. The summed E-state index contributed by atoms with van der Waals surface area (Å²) in [5, 5.41) is 0.981. The van der Waals surface area contributed by atoms with Gasteiger partial charge in [0.2, 0.25) is 0 Å². The lowest BCUT2D eigenvalue weighted by Crippen LogP contribution is -2.07. The highest BCUT2D eigenvalue weighted by Gasteiger charge is 1.97. The van der Waals surface area contributed by atoms with Gasteiger partial charge in [-0.1, -0.05) is 0 Å². The number of fused-ring (bicyclic) bond motifs is 1. The van der Waals surface area contributed by atoms with Crippen molar-refractivity contribution in [1.29, 1.82) is 0 Å². The Labute approximate surface area is 69.4 Å². The summed E-state index contributed by atoms with van der Waals surface area (Å²) in [7, 11) is 0. The predicted octanol–water partition coefficient (Wildman–Crippen LogP) is 0.915. The fourth-order valence-corrected chi connectivity index (χ4v) is 1.12. The SMILES string of the molecule is NNc1cncc2ncccc12. The number of anilines is 1. The lowest BCUT2D eigenvalue weighted by Gasteiger charge is -2.02. The summed E-state index contributed by atoms with van der Waals surface area (Å²) in [5.74, 6) is 5.30. The predicted molar refractivity (Wildman–Crippen MR) is 47.3 cm³/mol. The molecular weight excluding hydrogens is 152 g/mol. The summed E-state index contributed by atoms with van der Waals surface area (Å²) in [6.07, 6.45) is 5.10. The van der Waals surface area contributed by atoms with Crippen molar-refractivity contribution in [1.82, 2.24) is 9.97 Å². The zero-order valence-electron chi connectivity index (χ0n) is 6.36. The van der Waals surface area contributed by atoms with Crippen LogP contribution in [-0.4, -0.2) is 9.97 Å². The van der Waals surface area contributed by atoms with Gasteiger partial charge in [0.25, 0.3) is 0 Å². The highest BCUT2D eigenvalue weighted by molar-refractivity contribution is 5.89. The molecule has 0 fully saturated rings. The lowest BCUT2D eigenvalue weighted by molar-refractivity contribution is 1.27. The number of hydrogen-bond donors (Lipinski definition) is 2. The maximum atomic E-state index is 5.30. The van der Waals surface area contributed by atoms with Crippen molar-refractivity contribution in [2.75, 3.05) is 5.43 Å². The van der Waals surface area contributed by atoms with E-state index in [1.54, 1.807) is 18.6 Å². The Kier molecular flexibility index (Phi) is 1.60. The Bertz CT molecular complexity index is 394. The number of hydrazine groups is 1. The molecule has 0 unspecified atom stereocenters. The quantitative estimate of drug-likeness (QED) is 0.481. The molecular formula is C8H8N4. The molecule has 12 heavy (non-hydrogen) atoms. The van der Waals surface area contributed by atoms with Gasteiger partial charge in [-0.05, 0) is 12.1 Å². The maximum absolute atomic E-state index is 5.30. The van der Waals surface area contributed by atoms with Gasteiger partial charge in [-0.15, -0.1) is 0 Å². The molecule has 0 aromatic carbocycles. The Morgan fingerprint density at radius 2 is 2.25 bits per heavy atom. The second kappa shape index (κ2) is 2.75. The molecule has 2 aromatic heterocycles. The summed E-state index contributed by atoms with van der Waals surface area (Å²) < 4.78 is 0. The van der Waals surface area contributed by atoms with Gasteiger partial charge < -0.3 is 5.43 Å². The third-order valence-electron chi connectivity index (χ3n) is 1.68. The number of aromatic nitrogens is 2. The summed E-state index contributed by atoms with van der Waals surface area (Å²) >= 11 is 0. The van der Waals surface area contributed by atoms with Crippen molar-refractivity contribution in [2.24, 2.45) is 5.84 Å². The first-order valence-corrected chi connectivity index (χ1v) is 3.57. The van der Waals surface area contributed by atoms with Crippen LogP contribution in [-0.2, 0) is 0 Å². The lowest BCUT2D eigenvalue weighted by atomic mass is 10.2. The number of nitrogens with two attached hydrogens (primary N) is 1. The van der Waals surface area contributed by atoms with Crippen molar-refractivity contribution in [3.05, 3.63) is 30.7 Å². The van der Waals surface area contributed by atoms with Crippen LogP contribution in [0.2, 0.25) is 0 Å². The molecule has 4 nitrogen and oxygen atoms in total. The summed E-state index contributed by atoms with van der Waals surface area (Å²) in [6, 6.07) is 3.81. The molecule has 2 rings (SSSR count). The number of nitrogens with zero attached hydrogens (tertiary/aromatic N) is 2. The Balaban J connectivity index is 2.79. The van der Waals surface area contributed by atoms with E-state index in [9.17, 15) is 0 Å². The third-order valence-corrected chi connectivity index (χ3v) is 1.68. The number of rotatable bonds is 1. The fraction of sp³-hybridized carbons (Fsp3) is 0. The Hall–Kier alpha value is -1.68. The van der Waals surface area contributed by atoms with E-state index in [-0.39, 0.29) is 0 Å². The Morgan fingerprint density at radius 1 is 1.33 bits per heavy atom. The van der Waals surface area contributed by atoms with Crippen molar-refractivity contribution in [3.8, 4) is 0 Å². The molecule has 0 spiro atoms. The van der Waals surface area contributed by atoms with Crippen LogP contribution in [0.15, 0.2) is 30.7 Å². The van der Waals surface area contributed by atoms with E-state index >= 15 is 0 Å². The fourth-order valence-electron chi connectivity index (χ4n) is 1.12. The summed E-state index contributed by atoms with van der Waals surface area (Å²) in [6.45, 7) is 0. The third kappa shape index (κ3) is 0.981. The molecule has 2 aromatic rings. The largest absolute Gasteiger partial charge is 0.322 e. The number of nitrogens with one attached hydrogen (secondary N) is 1. The van der Waals surface area contributed by atoms with Crippen LogP contribution in [0.5, 0.6) is 0 Å². The average molecular weight is 160 g/mol. The van der Waals surface area contributed by atoms with E-state index in [0.29, 0.717) is 0 Å². The molecule has 0 aliphatic carbocycles. The molecule has 2 heterocycles. The first-order valence-electron chi connectivity index (χ1n) is 3.57.